The second-order valence-corrected chi connectivity index (χ2v) is 6.45. The highest BCUT2D eigenvalue weighted by Crippen LogP contribution is 2.23. The van der Waals surface area contributed by atoms with E-state index in [0.717, 1.165) is 22.2 Å². The van der Waals surface area contributed by atoms with E-state index < -0.39 is 0 Å². The molecule has 5 nitrogen and oxygen atoms in total. The van der Waals surface area contributed by atoms with Crippen LogP contribution in [0.15, 0.2) is 66.1 Å². The fraction of sp³-hybridized carbons (Fsp3) is 0.167. The van der Waals surface area contributed by atoms with Crippen LogP contribution in [0.1, 0.15) is 15.9 Å². The number of nitrogens with zero attached hydrogens (tertiary/aromatic N) is 4. The van der Waals surface area contributed by atoms with Gasteiger partial charge in [-0.2, -0.15) is 0 Å². The topological polar surface area (TPSA) is 51.0 Å². The van der Waals surface area contributed by atoms with Crippen molar-refractivity contribution < 1.29 is 4.79 Å². The summed E-state index contributed by atoms with van der Waals surface area (Å²) in [7, 11) is 3.50. The molecule has 3 rings (SSSR count). The predicted molar refractivity (Wildman–Crippen MR) is 95.4 cm³/mol. The van der Waals surface area contributed by atoms with Gasteiger partial charge in [0.05, 0.1) is 0 Å². The molecule has 24 heavy (non-hydrogen) atoms. The molecule has 0 fully saturated rings. The molecule has 0 radical (unpaired) electrons. The SMILES string of the molecule is CN(C)C(=O)c1ccc(CSc2nncn2-c2ccccc2)cc1. The van der Waals surface area contributed by atoms with Crippen molar-refractivity contribution in [1.82, 2.24) is 19.7 Å². The molecule has 1 heterocycles. The molecule has 0 saturated carbocycles. The number of rotatable bonds is 5. The van der Waals surface area contributed by atoms with Crippen LogP contribution in [0.3, 0.4) is 0 Å². The van der Waals surface area contributed by atoms with Gasteiger partial charge >= 0.3 is 0 Å². The first-order chi connectivity index (χ1) is 11.6. The predicted octanol–water partition coefficient (Wildman–Crippen LogP) is 3.26. The van der Waals surface area contributed by atoms with Crippen molar-refractivity contribution >= 4 is 17.7 Å². The number of thioether (sulfide) groups is 1. The number of hydrogen-bond acceptors (Lipinski definition) is 4. The number of amides is 1. The summed E-state index contributed by atoms with van der Waals surface area (Å²) in [6.07, 6.45) is 1.72. The van der Waals surface area contributed by atoms with Gasteiger partial charge in [0, 0.05) is 31.1 Å². The van der Waals surface area contributed by atoms with Gasteiger partial charge < -0.3 is 4.90 Å². The molecule has 1 amide bonds. The molecule has 0 aliphatic heterocycles. The molecule has 0 atom stereocenters. The fourth-order valence-electron chi connectivity index (χ4n) is 2.24. The molecule has 0 bridgehead atoms. The lowest BCUT2D eigenvalue weighted by Crippen LogP contribution is -2.21. The van der Waals surface area contributed by atoms with E-state index in [0.29, 0.717) is 5.56 Å². The van der Waals surface area contributed by atoms with E-state index in [1.807, 2.05) is 59.2 Å². The summed E-state index contributed by atoms with van der Waals surface area (Å²) in [5.74, 6) is 0.778. The van der Waals surface area contributed by atoms with Gasteiger partial charge in [-0.25, -0.2) is 0 Å². The Kier molecular flexibility index (Phi) is 4.96. The monoisotopic (exact) mass is 338 g/mol. The number of hydrogen-bond donors (Lipinski definition) is 0. The smallest absolute Gasteiger partial charge is 0.253 e. The first-order valence-electron chi connectivity index (χ1n) is 7.54. The largest absolute Gasteiger partial charge is 0.345 e. The van der Waals surface area contributed by atoms with Crippen LogP contribution in [0, 0.1) is 0 Å². The molecular formula is C18H18N4OS. The molecule has 122 valence electrons. The molecule has 0 spiro atoms. The molecule has 0 unspecified atom stereocenters. The molecule has 0 aliphatic rings. The molecule has 0 N–H and O–H groups in total. The van der Waals surface area contributed by atoms with E-state index in [9.17, 15) is 4.79 Å². The maximum absolute atomic E-state index is 11.9. The standard InChI is InChI=1S/C18H18N4OS/c1-21(2)17(23)15-10-8-14(9-11-15)12-24-18-20-19-13-22(18)16-6-4-3-5-7-16/h3-11,13H,12H2,1-2H3. The number of benzene rings is 2. The minimum Gasteiger partial charge on any atom is -0.345 e. The Morgan fingerprint density at radius 3 is 2.46 bits per heavy atom. The van der Waals surface area contributed by atoms with Gasteiger partial charge in [-0.3, -0.25) is 9.36 Å². The highest BCUT2D eigenvalue weighted by atomic mass is 32.2. The Hall–Kier alpha value is -2.60. The van der Waals surface area contributed by atoms with Crippen LogP contribution in [-0.2, 0) is 5.75 Å². The zero-order valence-electron chi connectivity index (χ0n) is 13.6. The second-order valence-electron chi connectivity index (χ2n) is 5.50. The van der Waals surface area contributed by atoms with Crippen molar-refractivity contribution in [3.63, 3.8) is 0 Å². The number of para-hydroxylation sites is 1. The average molecular weight is 338 g/mol. The summed E-state index contributed by atoms with van der Waals surface area (Å²) in [6.45, 7) is 0. The van der Waals surface area contributed by atoms with E-state index in [1.165, 1.54) is 0 Å². The second kappa shape index (κ2) is 7.31. The lowest BCUT2D eigenvalue weighted by atomic mass is 10.1. The van der Waals surface area contributed by atoms with Crippen LogP contribution in [0.5, 0.6) is 0 Å². The average Bonchev–Trinajstić information content (AvgIpc) is 3.09. The van der Waals surface area contributed by atoms with Gasteiger partial charge in [0.25, 0.3) is 5.91 Å². The Morgan fingerprint density at radius 1 is 1.08 bits per heavy atom. The Bertz CT molecular complexity index is 813. The van der Waals surface area contributed by atoms with Crippen molar-refractivity contribution in [3.05, 3.63) is 72.1 Å². The minimum absolute atomic E-state index is 0.0121. The Morgan fingerprint density at radius 2 is 1.79 bits per heavy atom. The fourth-order valence-corrected chi connectivity index (χ4v) is 3.12. The van der Waals surface area contributed by atoms with E-state index in [2.05, 4.69) is 10.2 Å². The quantitative estimate of drug-likeness (QED) is 0.670. The lowest BCUT2D eigenvalue weighted by molar-refractivity contribution is 0.0827. The van der Waals surface area contributed by atoms with E-state index in [4.69, 9.17) is 0 Å². The van der Waals surface area contributed by atoms with Crippen LogP contribution in [0.4, 0.5) is 0 Å². The zero-order chi connectivity index (χ0) is 16.9. The van der Waals surface area contributed by atoms with Crippen LogP contribution in [0.25, 0.3) is 5.69 Å². The summed E-state index contributed by atoms with van der Waals surface area (Å²) in [6, 6.07) is 17.7. The van der Waals surface area contributed by atoms with Gasteiger partial charge in [-0.15, -0.1) is 10.2 Å². The van der Waals surface area contributed by atoms with Crippen molar-refractivity contribution in [3.8, 4) is 5.69 Å². The van der Waals surface area contributed by atoms with Gasteiger partial charge in [0.1, 0.15) is 6.33 Å². The van der Waals surface area contributed by atoms with Crippen LogP contribution in [-0.4, -0.2) is 39.7 Å². The minimum atomic E-state index is 0.0121. The third kappa shape index (κ3) is 3.65. The molecule has 1 aromatic heterocycles. The zero-order valence-corrected chi connectivity index (χ0v) is 14.4. The summed E-state index contributed by atoms with van der Waals surface area (Å²) in [5, 5.41) is 9.04. The summed E-state index contributed by atoms with van der Waals surface area (Å²) in [4.78, 5) is 13.5. The van der Waals surface area contributed by atoms with Gasteiger partial charge in [0.15, 0.2) is 5.16 Å². The van der Waals surface area contributed by atoms with Gasteiger partial charge in [0.2, 0.25) is 0 Å². The molecule has 6 heteroatoms. The molecule has 0 saturated heterocycles. The van der Waals surface area contributed by atoms with Gasteiger partial charge in [-0.05, 0) is 29.8 Å². The number of aromatic nitrogens is 3. The lowest BCUT2D eigenvalue weighted by Gasteiger charge is -2.10. The van der Waals surface area contributed by atoms with Crippen LogP contribution >= 0.6 is 11.8 Å². The van der Waals surface area contributed by atoms with Crippen LogP contribution in [0.2, 0.25) is 0 Å². The van der Waals surface area contributed by atoms with Crippen LogP contribution < -0.4 is 0 Å². The maximum atomic E-state index is 11.9. The summed E-state index contributed by atoms with van der Waals surface area (Å²) >= 11 is 1.62. The number of carbonyl (C=O) groups is 1. The molecule has 3 aromatic rings. The van der Waals surface area contributed by atoms with E-state index in [-0.39, 0.29) is 5.91 Å². The molecule has 2 aromatic carbocycles. The summed E-state index contributed by atoms with van der Waals surface area (Å²) < 4.78 is 1.97. The van der Waals surface area contributed by atoms with Crippen molar-refractivity contribution in [2.24, 2.45) is 0 Å². The highest BCUT2D eigenvalue weighted by molar-refractivity contribution is 7.98. The number of carbonyl (C=O) groups excluding carboxylic acids is 1. The molecule has 0 aliphatic carbocycles. The van der Waals surface area contributed by atoms with E-state index >= 15 is 0 Å². The summed E-state index contributed by atoms with van der Waals surface area (Å²) in [5.41, 5.74) is 2.87. The van der Waals surface area contributed by atoms with Crippen molar-refractivity contribution in [2.75, 3.05) is 14.1 Å². The molecular weight excluding hydrogens is 320 g/mol. The first kappa shape index (κ1) is 16.3. The van der Waals surface area contributed by atoms with E-state index in [1.54, 1.807) is 37.1 Å². The third-order valence-electron chi connectivity index (χ3n) is 3.53. The van der Waals surface area contributed by atoms with Crippen molar-refractivity contribution in [1.29, 1.82) is 0 Å². The highest BCUT2D eigenvalue weighted by Gasteiger charge is 2.09. The third-order valence-corrected chi connectivity index (χ3v) is 4.54. The Labute approximate surface area is 145 Å². The van der Waals surface area contributed by atoms with Gasteiger partial charge in [-0.1, -0.05) is 42.1 Å². The Balaban J connectivity index is 1.69. The maximum Gasteiger partial charge on any atom is 0.253 e. The van der Waals surface area contributed by atoms with Crippen molar-refractivity contribution in [2.45, 2.75) is 10.9 Å². The first-order valence-corrected chi connectivity index (χ1v) is 8.52. The normalized spacial score (nSPS) is 10.6.